The summed E-state index contributed by atoms with van der Waals surface area (Å²) in [4.78, 5) is 0. The van der Waals surface area contributed by atoms with Crippen molar-refractivity contribution in [1.82, 2.24) is 5.43 Å². The normalized spacial score (nSPS) is 35.1. The van der Waals surface area contributed by atoms with E-state index in [0.29, 0.717) is 29.6 Å². The molecule has 5 heteroatoms. The number of rotatable bonds is 4. The molecule has 0 aliphatic heterocycles. The number of nitrogens with zero attached hydrogens (tertiary/aromatic N) is 1. The van der Waals surface area contributed by atoms with Gasteiger partial charge in [0.2, 0.25) is 5.96 Å². The van der Waals surface area contributed by atoms with E-state index in [2.05, 4.69) is 53.9 Å². The van der Waals surface area contributed by atoms with Gasteiger partial charge in [-0.15, -0.1) is 0 Å². The van der Waals surface area contributed by atoms with Crippen molar-refractivity contribution in [1.29, 1.82) is 5.41 Å². The van der Waals surface area contributed by atoms with Gasteiger partial charge in [0, 0.05) is 6.21 Å². The second kappa shape index (κ2) is 7.83. The second-order valence-corrected chi connectivity index (χ2v) is 7.45. The molecule has 0 amide bonds. The van der Waals surface area contributed by atoms with Crippen LogP contribution in [-0.2, 0) is 0 Å². The molecule has 0 spiro atoms. The fraction of sp³-hybridized carbons (Fsp3) is 0.500. The number of benzene rings is 1. The van der Waals surface area contributed by atoms with E-state index in [-0.39, 0.29) is 12.1 Å². The van der Waals surface area contributed by atoms with Crippen LogP contribution < -0.4 is 11.2 Å². The van der Waals surface area contributed by atoms with E-state index >= 15 is 0 Å². The van der Waals surface area contributed by atoms with E-state index in [4.69, 9.17) is 11.1 Å². The highest BCUT2D eigenvalue weighted by molar-refractivity contribution is 5.77. The van der Waals surface area contributed by atoms with Crippen LogP contribution in [0.4, 0.5) is 0 Å². The Labute approximate surface area is 149 Å². The molecule has 2 aliphatic rings. The molecule has 25 heavy (non-hydrogen) atoms. The van der Waals surface area contributed by atoms with Gasteiger partial charge in [0.15, 0.2) is 0 Å². The van der Waals surface area contributed by atoms with E-state index in [0.717, 1.165) is 12.8 Å². The summed E-state index contributed by atoms with van der Waals surface area (Å²) in [5, 5.41) is 21.5. The van der Waals surface area contributed by atoms with E-state index in [1.807, 2.05) is 6.08 Å². The summed E-state index contributed by atoms with van der Waals surface area (Å²) in [6.07, 6.45) is 8.52. The van der Waals surface area contributed by atoms with Crippen molar-refractivity contribution in [3.05, 3.63) is 48.0 Å². The predicted molar refractivity (Wildman–Crippen MR) is 101 cm³/mol. The molecule has 0 bridgehead atoms. The first-order valence-electron chi connectivity index (χ1n) is 9.09. The van der Waals surface area contributed by atoms with Crippen LogP contribution in [0.5, 0.6) is 0 Å². The smallest absolute Gasteiger partial charge is 0.206 e. The summed E-state index contributed by atoms with van der Waals surface area (Å²) >= 11 is 0. The number of guanidine groups is 1. The van der Waals surface area contributed by atoms with E-state index in [1.54, 1.807) is 6.21 Å². The van der Waals surface area contributed by atoms with Crippen molar-refractivity contribution >= 4 is 12.2 Å². The minimum atomic E-state index is -0.221. The number of hydrazone groups is 1. The predicted octanol–water partition coefficient (Wildman–Crippen LogP) is 2.84. The number of aliphatic hydroxyl groups excluding tert-OH is 1. The summed E-state index contributed by atoms with van der Waals surface area (Å²) in [7, 11) is 0. The molecule has 1 aromatic rings. The van der Waals surface area contributed by atoms with Gasteiger partial charge < -0.3 is 10.8 Å². The van der Waals surface area contributed by atoms with Gasteiger partial charge in [0.05, 0.1) is 6.10 Å². The van der Waals surface area contributed by atoms with Gasteiger partial charge >= 0.3 is 0 Å². The number of fused-ring (bicyclic) bond motifs is 1. The Morgan fingerprint density at radius 3 is 2.76 bits per heavy atom. The molecular formula is C20H28N4O. The van der Waals surface area contributed by atoms with Gasteiger partial charge in [-0.05, 0) is 60.5 Å². The number of hydrogen-bond acceptors (Lipinski definition) is 3. The number of nitrogens with one attached hydrogen (secondary N) is 2. The van der Waals surface area contributed by atoms with Crippen LogP contribution in [-0.4, -0.2) is 23.4 Å². The SMILES string of the molecule is C[C@@H]1C[C@H](c2ccccc2)C[C@H]2[C@H]1[C@@H](/C=C/C=N/NC(=N)N)C[C@H]2O. The number of aliphatic hydroxyl groups is 1. The molecule has 0 unspecified atom stereocenters. The number of hydrogen-bond donors (Lipinski definition) is 4. The largest absolute Gasteiger partial charge is 0.393 e. The Morgan fingerprint density at radius 2 is 2.04 bits per heavy atom. The summed E-state index contributed by atoms with van der Waals surface area (Å²) in [6, 6.07) is 10.7. The van der Waals surface area contributed by atoms with Crippen molar-refractivity contribution in [3.8, 4) is 0 Å². The van der Waals surface area contributed by atoms with Gasteiger partial charge in [-0.2, -0.15) is 5.10 Å². The topological polar surface area (TPSA) is 94.5 Å². The highest BCUT2D eigenvalue weighted by Gasteiger charge is 2.47. The fourth-order valence-electron chi connectivity index (χ4n) is 4.92. The summed E-state index contributed by atoms with van der Waals surface area (Å²) in [5.74, 6) is 2.25. The minimum absolute atomic E-state index is 0.172. The molecule has 5 nitrogen and oxygen atoms in total. The standard InChI is InChI=1S/C20H28N4O/c1-13-10-16(14-6-3-2-4-7-14)11-17-18(25)12-15(19(13)17)8-5-9-23-24-20(21)22/h2-9,13,15-19,25H,10-12H2,1H3,(H4,21,22,24)/b8-5+,23-9+/t13-,15+,16+,17-,18-,19-/m1/s1. The van der Waals surface area contributed by atoms with Crippen LogP contribution in [0.1, 0.15) is 37.7 Å². The van der Waals surface area contributed by atoms with Crippen LogP contribution in [0.15, 0.2) is 47.6 Å². The second-order valence-electron chi connectivity index (χ2n) is 7.45. The highest BCUT2D eigenvalue weighted by Crippen LogP contribution is 2.53. The number of allylic oxidation sites excluding steroid dienone is 2. The molecule has 134 valence electrons. The Bertz CT molecular complexity index is 642. The van der Waals surface area contributed by atoms with Gasteiger partial charge in [-0.1, -0.05) is 43.3 Å². The maximum absolute atomic E-state index is 10.6. The van der Waals surface area contributed by atoms with Crippen LogP contribution in [0, 0.1) is 29.1 Å². The van der Waals surface area contributed by atoms with Crippen molar-refractivity contribution in [2.24, 2.45) is 34.5 Å². The average molecular weight is 340 g/mol. The quantitative estimate of drug-likeness (QED) is 0.386. The monoisotopic (exact) mass is 340 g/mol. The molecule has 5 N–H and O–H groups in total. The molecule has 2 saturated carbocycles. The molecule has 2 fully saturated rings. The van der Waals surface area contributed by atoms with Gasteiger partial charge in [-0.25, -0.2) is 5.43 Å². The summed E-state index contributed by atoms with van der Waals surface area (Å²) < 4.78 is 0. The van der Waals surface area contributed by atoms with E-state index in [1.165, 1.54) is 12.0 Å². The summed E-state index contributed by atoms with van der Waals surface area (Å²) in [5.41, 5.74) is 8.99. The lowest BCUT2D eigenvalue weighted by atomic mass is 9.65. The molecule has 0 heterocycles. The molecule has 0 radical (unpaired) electrons. The Kier molecular flexibility index (Phi) is 5.53. The van der Waals surface area contributed by atoms with Crippen molar-refractivity contribution in [2.75, 3.05) is 0 Å². The molecule has 1 aromatic carbocycles. The van der Waals surface area contributed by atoms with Crippen LogP contribution in [0.25, 0.3) is 0 Å². The zero-order valence-corrected chi connectivity index (χ0v) is 14.7. The summed E-state index contributed by atoms with van der Waals surface area (Å²) in [6.45, 7) is 2.33. The van der Waals surface area contributed by atoms with Crippen LogP contribution in [0.3, 0.4) is 0 Å². The molecular weight excluding hydrogens is 312 g/mol. The van der Waals surface area contributed by atoms with Gasteiger partial charge in [0.1, 0.15) is 0 Å². The zero-order valence-electron chi connectivity index (χ0n) is 14.7. The molecule has 2 aliphatic carbocycles. The average Bonchev–Trinajstić information content (AvgIpc) is 2.92. The molecule has 0 aromatic heterocycles. The van der Waals surface area contributed by atoms with Crippen molar-refractivity contribution in [3.63, 3.8) is 0 Å². The lowest BCUT2D eigenvalue weighted by Crippen LogP contribution is -2.33. The van der Waals surface area contributed by atoms with Gasteiger partial charge in [-0.3, -0.25) is 5.41 Å². The molecule has 6 atom stereocenters. The van der Waals surface area contributed by atoms with Gasteiger partial charge in [0.25, 0.3) is 0 Å². The Morgan fingerprint density at radius 1 is 1.28 bits per heavy atom. The lowest BCUT2D eigenvalue weighted by molar-refractivity contribution is 0.0654. The minimum Gasteiger partial charge on any atom is -0.393 e. The highest BCUT2D eigenvalue weighted by atomic mass is 16.3. The van der Waals surface area contributed by atoms with Crippen LogP contribution >= 0.6 is 0 Å². The fourth-order valence-corrected chi connectivity index (χ4v) is 4.92. The molecule has 3 rings (SSSR count). The first kappa shape index (κ1) is 17.7. The third kappa shape index (κ3) is 4.10. The maximum atomic E-state index is 10.6. The van der Waals surface area contributed by atoms with Crippen molar-refractivity contribution in [2.45, 2.75) is 38.2 Å². The Balaban J connectivity index is 1.67. The third-order valence-corrected chi connectivity index (χ3v) is 5.84. The third-order valence-electron chi connectivity index (χ3n) is 5.84. The molecule has 0 saturated heterocycles. The lowest BCUT2D eigenvalue weighted by Gasteiger charge is -2.39. The van der Waals surface area contributed by atoms with E-state index < -0.39 is 0 Å². The maximum Gasteiger partial charge on any atom is 0.206 e. The van der Waals surface area contributed by atoms with Crippen LogP contribution in [0.2, 0.25) is 0 Å². The van der Waals surface area contributed by atoms with Crippen molar-refractivity contribution < 1.29 is 5.11 Å². The first-order chi connectivity index (χ1) is 12.1. The van der Waals surface area contributed by atoms with E-state index in [9.17, 15) is 5.11 Å². The number of nitrogens with two attached hydrogens (primary N) is 1. The zero-order chi connectivity index (χ0) is 17.8. The Hall–Kier alpha value is -2.14. The first-order valence-corrected chi connectivity index (χ1v) is 9.09.